The average molecular weight is 372 g/mol. The molecule has 1 N–H and O–H groups in total. The molecule has 1 aliphatic rings. The van der Waals surface area contributed by atoms with Gasteiger partial charge in [-0.1, -0.05) is 0 Å². The zero-order valence-electron chi connectivity index (χ0n) is 14.0. The highest BCUT2D eigenvalue weighted by molar-refractivity contribution is 7.89. The van der Waals surface area contributed by atoms with Crippen molar-refractivity contribution in [3.8, 4) is 17.3 Å². The first kappa shape index (κ1) is 16.6. The molecule has 0 atom stereocenters. The van der Waals surface area contributed by atoms with Crippen LogP contribution < -0.4 is 0 Å². The van der Waals surface area contributed by atoms with E-state index in [1.807, 2.05) is 0 Å². The summed E-state index contributed by atoms with van der Waals surface area (Å²) >= 11 is 0. The van der Waals surface area contributed by atoms with Gasteiger partial charge in [0.25, 0.3) is 0 Å². The van der Waals surface area contributed by atoms with Crippen molar-refractivity contribution in [2.45, 2.75) is 18.9 Å². The minimum Gasteiger partial charge on any atom is -0.341 e. The maximum absolute atomic E-state index is 12.0. The molecular weight excluding hydrogens is 356 g/mol. The summed E-state index contributed by atoms with van der Waals surface area (Å²) < 4.78 is 27.1. The smallest absolute Gasteiger partial charge is 0.213 e. The standard InChI is InChI=1S/C15H16N8O2S/c1-2-26(24,25)22-7-15(8-22,3-4-16)23-6-11(5-21-23)12-13-14(19-9-17-12)20-10-18-13/h5-6,9-10H,2-3,7-8H2,1H3,(H,17,18,19,20). The van der Waals surface area contributed by atoms with Gasteiger partial charge < -0.3 is 4.98 Å². The Morgan fingerprint density at radius 3 is 2.88 bits per heavy atom. The third-order valence-electron chi connectivity index (χ3n) is 4.67. The molecular formula is C15H16N8O2S. The van der Waals surface area contributed by atoms with Crippen molar-refractivity contribution >= 4 is 21.2 Å². The molecule has 1 saturated heterocycles. The molecule has 4 rings (SSSR count). The van der Waals surface area contributed by atoms with Crippen LogP contribution in [0.2, 0.25) is 0 Å². The first-order chi connectivity index (χ1) is 12.5. The van der Waals surface area contributed by atoms with Crippen LogP contribution >= 0.6 is 0 Å². The van der Waals surface area contributed by atoms with Crippen molar-refractivity contribution in [1.29, 1.82) is 5.26 Å². The second-order valence-corrected chi connectivity index (χ2v) is 8.48. The van der Waals surface area contributed by atoms with E-state index in [1.54, 1.807) is 30.3 Å². The highest BCUT2D eigenvalue weighted by Crippen LogP contribution is 2.35. The summed E-state index contributed by atoms with van der Waals surface area (Å²) in [6, 6.07) is 2.15. The number of hydrogen-bond donors (Lipinski definition) is 1. The highest BCUT2D eigenvalue weighted by atomic mass is 32.2. The number of H-pyrrole nitrogens is 1. The number of sulfonamides is 1. The Balaban J connectivity index is 1.69. The maximum Gasteiger partial charge on any atom is 0.213 e. The molecule has 3 aromatic rings. The van der Waals surface area contributed by atoms with Gasteiger partial charge >= 0.3 is 0 Å². The SMILES string of the molecule is CCS(=O)(=O)N1CC(CC#N)(n2cc(-c3ncnc4nc[nH]c34)cn2)C1. The number of aromatic nitrogens is 6. The molecule has 0 spiro atoms. The Bertz CT molecular complexity index is 1100. The minimum atomic E-state index is -3.28. The summed E-state index contributed by atoms with van der Waals surface area (Å²) in [5.41, 5.74) is 2.00. The van der Waals surface area contributed by atoms with Gasteiger partial charge in [0, 0.05) is 24.8 Å². The first-order valence-electron chi connectivity index (χ1n) is 8.03. The predicted molar refractivity (Wildman–Crippen MR) is 92.1 cm³/mol. The van der Waals surface area contributed by atoms with Crippen molar-refractivity contribution in [1.82, 2.24) is 34.0 Å². The fraction of sp³-hybridized carbons (Fsp3) is 0.400. The number of fused-ring (bicyclic) bond motifs is 1. The van der Waals surface area contributed by atoms with Gasteiger partial charge in [-0.2, -0.15) is 14.7 Å². The molecule has 0 unspecified atom stereocenters. The van der Waals surface area contributed by atoms with Crippen molar-refractivity contribution in [2.75, 3.05) is 18.8 Å². The summed E-state index contributed by atoms with van der Waals surface area (Å²) in [4.78, 5) is 15.5. The van der Waals surface area contributed by atoms with Crippen LogP contribution in [-0.4, -0.2) is 61.3 Å². The lowest BCUT2D eigenvalue weighted by Gasteiger charge is -2.47. The fourth-order valence-corrected chi connectivity index (χ4v) is 4.40. The molecule has 10 nitrogen and oxygen atoms in total. The summed E-state index contributed by atoms with van der Waals surface area (Å²) in [6.07, 6.45) is 6.59. The van der Waals surface area contributed by atoms with Crippen LogP contribution in [0.15, 0.2) is 25.0 Å². The molecule has 0 radical (unpaired) electrons. The van der Waals surface area contributed by atoms with E-state index >= 15 is 0 Å². The lowest BCUT2D eigenvalue weighted by atomic mass is 9.89. The second-order valence-electron chi connectivity index (χ2n) is 6.22. The Kier molecular flexibility index (Phi) is 3.74. The first-order valence-corrected chi connectivity index (χ1v) is 9.64. The van der Waals surface area contributed by atoms with Gasteiger partial charge in [-0.15, -0.1) is 0 Å². The Morgan fingerprint density at radius 1 is 1.35 bits per heavy atom. The number of aromatic amines is 1. The summed E-state index contributed by atoms with van der Waals surface area (Å²) in [7, 11) is -3.28. The number of imidazole rings is 1. The van der Waals surface area contributed by atoms with Crippen LogP contribution in [0.5, 0.6) is 0 Å². The molecule has 0 amide bonds. The number of nitriles is 1. The number of hydrogen-bond acceptors (Lipinski definition) is 7. The van der Waals surface area contributed by atoms with Crippen molar-refractivity contribution in [3.63, 3.8) is 0 Å². The summed E-state index contributed by atoms with van der Waals surface area (Å²) in [6.45, 7) is 2.08. The van der Waals surface area contributed by atoms with Gasteiger partial charge in [-0.05, 0) is 6.92 Å². The van der Waals surface area contributed by atoms with Crippen LogP contribution in [0.25, 0.3) is 22.4 Å². The Morgan fingerprint density at radius 2 is 2.15 bits per heavy atom. The zero-order valence-corrected chi connectivity index (χ0v) is 14.8. The number of rotatable bonds is 5. The van der Waals surface area contributed by atoms with Crippen LogP contribution in [0.3, 0.4) is 0 Å². The topological polar surface area (TPSA) is 133 Å². The van der Waals surface area contributed by atoms with Crippen LogP contribution in [0, 0.1) is 11.3 Å². The van der Waals surface area contributed by atoms with Crippen LogP contribution in [0.4, 0.5) is 0 Å². The van der Waals surface area contributed by atoms with Gasteiger partial charge in [-0.25, -0.2) is 23.4 Å². The van der Waals surface area contributed by atoms with E-state index in [1.165, 1.54) is 10.6 Å². The van der Waals surface area contributed by atoms with E-state index in [0.29, 0.717) is 16.9 Å². The molecule has 3 aromatic heterocycles. The molecule has 0 bridgehead atoms. The second kappa shape index (κ2) is 5.86. The molecule has 134 valence electrons. The number of nitrogens with one attached hydrogen (secondary N) is 1. The van der Waals surface area contributed by atoms with Crippen LogP contribution in [0.1, 0.15) is 13.3 Å². The maximum atomic E-state index is 12.0. The predicted octanol–water partition coefficient (Wildman–Crippen LogP) is 0.491. The molecule has 11 heteroatoms. The fourth-order valence-electron chi connectivity index (χ4n) is 3.16. The quantitative estimate of drug-likeness (QED) is 0.689. The molecule has 1 fully saturated rings. The lowest BCUT2D eigenvalue weighted by Crippen LogP contribution is -2.64. The largest absolute Gasteiger partial charge is 0.341 e. The van der Waals surface area contributed by atoms with Gasteiger partial charge in [0.05, 0.1) is 30.8 Å². The molecule has 0 aliphatic carbocycles. The minimum absolute atomic E-state index is 0.0404. The molecule has 1 aliphatic heterocycles. The highest BCUT2D eigenvalue weighted by Gasteiger charge is 2.49. The molecule has 0 aromatic carbocycles. The van der Waals surface area contributed by atoms with Crippen molar-refractivity contribution < 1.29 is 8.42 Å². The Hall–Kier alpha value is -2.84. The van der Waals surface area contributed by atoms with E-state index < -0.39 is 15.6 Å². The van der Waals surface area contributed by atoms with Crippen LogP contribution in [-0.2, 0) is 15.6 Å². The third kappa shape index (κ3) is 2.46. The number of nitrogens with zero attached hydrogens (tertiary/aromatic N) is 7. The van der Waals surface area contributed by atoms with E-state index in [4.69, 9.17) is 0 Å². The Labute approximate surface area is 149 Å². The lowest BCUT2D eigenvalue weighted by molar-refractivity contribution is 0.0719. The van der Waals surface area contributed by atoms with Gasteiger partial charge in [0.2, 0.25) is 10.0 Å². The zero-order chi connectivity index (χ0) is 18.4. The molecule has 26 heavy (non-hydrogen) atoms. The van der Waals surface area contributed by atoms with E-state index in [-0.39, 0.29) is 25.3 Å². The monoisotopic (exact) mass is 372 g/mol. The normalized spacial score (nSPS) is 17.1. The molecule has 0 saturated carbocycles. The van der Waals surface area contributed by atoms with Crippen molar-refractivity contribution in [3.05, 3.63) is 25.0 Å². The average Bonchev–Trinajstić information content (AvgIpc) is 3.26. The van der Waals surface area contributed by atoms with Crippen molar-refractivity contribution in [2.24, 2.45) is 0 Å². The summed E-state index contributed by atoms with van der Waals surface area (Å²) in [5, 5.41) is 13.6. The van der Waals surface area contributed by atoms with Gasteiger partial charge in [-0.3, -0.25) is 4.68 Å². The molecule has 4 heterocycles. The third-order valence-corrected chi connectivity index (χ3v) is 6.45. The van der Waals surface area contributed by atoms with Gasteiger partial charge in [0.1, 0.15) is 23.1 Å². The van der Waals surface area contributed by atoms with E-state index in [0.717, 1.165) is 5.56 Å². The van der Waals surface area contributed by atoms with Gasteiger partial charge in [0.15, 0.2) is 5.65 Å². The van der Waals surface area contributed by atoms with E-state index in [9.17, 15) is 13.7 Å². The van der Waals surface area contributed by atoms with E-state index in [2.05, 4.69) is 31.1 Å². The summed E-state index contributed by atoms with van der Waals surface area (Å²) in [5.74, 6) is 0.0404.